The molecule has 0 aromatic carbocycles. The predicted molar refractivity (Wildman–Crippen MR) is 56.0 cm³/mol. The quantitative estimate of drug-likeness (QED) is 0.728. The van der Waals surface area contributed by atoms with Crippen molar-refractivity contribution in [1.29, 1.82) is 0 Å². The monoisotopic (exact) mass is 217 g/mol. The molecule has 0 heterocycles. The Morgan fingerprint density at radius 3 is 2.47 bits per heavy atom. The summed E-state index contributed by atoms with van der Waals surface area (Å²) in [6.07, 6.45) is 2.60. The molecule has 1 aliphatic rings. The first-order valence-corrected chi connectivity index (χ1v) is 5.52. The second-order valence-corrected chi connectivity index (χ2v) is 4.33. The molecule has 0 radical (unpaired) electrons. The molecule has 0 amide bonds. The number of rotatable bonds is 4. The molecule has 15 heavy (non-hydrogen) atoms. The molecule has 0 spiro atoms. The lowest BCUT2D eigenvalue weighted by Gasteiger charge is -2.36. The van der Waals surface area contributed by atoms with Crippen LogP contribution in [-0.2, 0) is 9.53 Å². The third-order valence-corrected chi connectivity index (χ3v) is 3.70. The lowest BCUT2D eigenvalue weighted by atomic mass is 9.71. The zero-order chi connectivity index (χ0) is 11.5. The van der Waals surface area contributed by atoms with Gasteiger partial charge in [-0.2, -0.15) is 0 Å². The van der Waals surface area contributed by atoms with E-state index in [0.29, 0.717) is 0 Å². The minimum atomic E-state index is -1.25. The molecule has 1 saturated carbocycles. The van der Waals surface area contributed by atoms with Gasteiger partial charge >= 0.3 is 5.97 Å². The molecule has 0 aromatic heterocycles. The first-order valence-electron chi connectivity index (χ1n) is 5.52. The van der Waals surface area contributed by atoms with Crippen molar-refractivity contribution in [3.63, 3.8) is 0 Å². The van der Waals surface area contributed by atoms with Crippen LogP contribution in [0, 0.1) is 11.3 Å². The van der Waals surface area contributed by atoms with Crippen LogP contribution in [0.3, 0.4) is 0 Å². The van der Waals surface area contributed by atoms with Gasteiger partial charge in [0.1, 0.15) is 11.6 Å². The van der Waals surface area contributed by atoms with E-state index in [9.17, 15) is 9.18 Å². The molecule has 0 bridgehead atoms. The molecule has 4 heteroatoms. The number of ether oxygens (including phenoxy) is 1. The van der Waals surface area contributed by atoms with Crippen molar-refractivity contribution in [3.05, 3.63) is 0 Å². The van der Waals surface area contributed by atoms with E-state index in [-0.39, 0.29) is 12.5 Å². The summed E-state index contributed by atoms with van der Waals surface area (Å²) in [4.78, 5) is 11.8. The third-order valence-electron chi connectivity index (χ3n) is 3.70. The summed E-state index contributed by atoms with van der Waals surface area (Å²) in [6.45, 7) is 1.43. The van der Waals surface area contributed by atoms with Gasteiger partial charge in [0.2, 0.25) is 0 Å². The standard InChI is InChI=1S/C11H20FNO2/c1-8(12)11(7-13,10(14)15-2)9-5-3-4-6-9/h8-9H,3-7,13H2,1-2H3. The van der Waals surface area contributed by atoms with Gasteiger partial charge in [0, 0.05) is 6.54 Å². The second-order valence-electron chi connectivity index (χ2n) is 4.33. The highest BCUT2D eigenvalue weighted by Crippen LogP contribution is 2.43. The predicted octanol–water partition coefficient (Wildman–Crippen LogP) is 1.65. The van der Waals surface area contributed by atoms with Crippen LogP contribution >= 0.6 is 0 Å². The number of methoxy groups -OCH3 is 1. The Morgan fingerprint density at radius 1 is 1.60 bits per heavy atom. The third kappa shape index (κ3) is 2.00. The van der Waals surface area contributed by atoms with Crippen LogP contribution in [0.2, 0.25) is 0 Å². The Balaban J connectivity index is 2.96. The van der Waals surface area contributed by atoms with Crippen LogP contribution < -0.4 is 5.73 Å². The average molecular weight is 217 g/mol. The van der Waals surface area contributed by atoms with Crippen LogP contribution in [0.25, 0.3) is 0 Å². The summed E-state index contributed by atoms with van der Waals surface area (Å²) in [5, 5.41) is 0. The van der Waals surface area contributed by atoms with Gasteiger partial charge < -0.3 is 10.5 Å². The van der Waals surface area contributed by atoms with Gasteiger partial charge in [-0.3, -0.25) is 4.79 Å². The summed E-state index contributed by atoms with van der Waals surface area (Å²) >= 11 is 0. The fraction of sp³-hybridized carbons (Fsp3) is 0.909. The summed E-state index contributed by atoms with van der Waals surface area (Å²) in [7, 11) is 1.30. The zero-order valence-corrected chi connectivity index (χ0v) is 9.46. The van der Waals surface area contributed by atoms with Gasteiger partial charge in [0.25, 0.3) is 0 Å². The zero-order valence-electron chi connectivity index (χ0n) is 9.46. The molecule has 2 unspecified atom stereocenters. The molecular formula is C11H20FNO2. The molecule has 0 saturated heterocycles. The number of hydrogen-bond acceptors (Lipinski definition) is 3. The Kier molecular flexibility index (Phi) is 4.08. The fourth-order valence-corrected chi connectivity index (χ4v) is 2.70. The van der Waals surface area contributed by atoms with Gasteiger partial charge in [-0.05, 0) is 25.7 Å². The Bertz CT molecular complexity index is 227. The molecule has 2 N–H and O–H groups in total. The number of carbonyl (C=O) groups is 1. The molecule has 3 nitrogen and oxygen atoms in total. The normalized spacial score (nSPS) is 23.5. The Hall–Kier alpha value is -0.640. The first kappa shape index (κ1) is 12.4. The molecule has 88 valence electrons. The van der Waals surface area contributed by atoms with Gasteiger partial charge in [0.15, 0.2) is 0 Å². The lowest BCUT2D eigenvalue weighted by Crippen LogP contribution is -2.50. The number of esters is 1. The summed E-state index contributed by atoms with van der Waals surface area (Å²) < 4.78 is 18.5. The van der Waals surface area contributed by atoms with Gasteiger partial charge in [-0.15, -0.1) is 0 Å². The minimum absolute atomic E-state index is 0.0298. The van der Waals surface area contributed by atoms with Crippen molar-refractivity contribution in [3.8, 4) is 0 Å². The van der Waals surface area contributed by atoms with E-state index in [1.54, 1.807) is 0 Å². The highest BCUT2D eigenvalue weighted by Gasteiger charge is 2.51. The molecule has 0 aromatic rings. The van der Waals surface area contributed by atoms with Gasteiger partial charge in [0.05, 0.1) is 7.11 Å². The Morgan fingerprint density at radius 2 is 2.13 bits per heavy atom. The lowest BCUT2D eigenvalue weighted by molar-refractivity contribution is -0.160. The van der Waals surface area contributed by atoms with Crippen molar-refractivity contribution in [2.45, 2.75) is 38.8 Å². The topological polar surface area (TPSA) is 52.3 Å². The maximum Gasteiger partial charge on any atom is 0.316 e. The minimum Gasteiger partial charge on any atom is -0.468 e. The van der Waals surface area contributed by atoms with E-state index in [0.717, 1.165) is 25.7 Å². The summed E-state index contributed by atoms with van der Waals surface area (Å²) in [6, 6.07) is 0. The number of halogens is 1. The van der Waals surface area contributed by atoms with Crippen LogP contribution in [-0.4, -0.2) is 25.8 Å². The number of carbonyl (C=O) groups excluding carboxylic acids is 1. The van der Waals surface area contributed by atoms with Crippen molar-refractivity contribution >= 4 is 5.97 Å². The van der Waals surface area contributed by atoms with Gasteiger partial charge in [-0.1, -0.05) is 12.8 Å². The van der Waals surface area contributed by atoms with Crippen molar-refractivity contribution in [1.82, 2.24) is 0 Å². The SMILES string of the molecule is COC(=O)C(CN)(C(C)F)C1CCCC1. The maximum atomic E-state index is 13.7. The van der Waals surface area contributed by atoms with E-state index < -0.39 is 17.6 Å². The molecule has 1 fully saturated rings. The number of alkyl halides is 1. The van der Waals surface area contributed by atoms with Crippen LogP contribution in [0.15, 0.2) is 0 Å². The highest BCUT2D eigenvalue weighted by atomic mass is 19.1. The maximum absolute atomic E-state index is 13.7. The second kappa shape index (κ2) is 4.92. The van der Waals surface area contributed by atoms with Crippen molar-refractivity contribution < 1.29 is 13.9 Å². The summed E-state index contributed by atoms with van der Waals surface area (Å²) in [5.41, 5.74) is 4.50. The van der Waals surface area contributed by atoms with Gasteiger partial charge in [-0.25, -0.2) is 4.39 Å². The Labute approximate surface area is 90.2 Å². The van der Waals surface area contributed by atoms with Crippen LogP contribution in [0.5, 0.6) is 0 Å². The van der Waals surface area contributed by atoms with Crippen molar-refractivity contribution in [2.24, 2.45) is 17.1 Å². The molecular weight excluding hydrogens is 197 g/mol. The van der Waals surface area contributed by atoms with E-state index >= 15 is 0 Å². The molecule has 1 rings (SSSR count). The number of nitrogens with two attached hydrogens (primary N) is 1. The van der Waals surface area contributed by atoms with E-state index in [2.05, 4.69) is 0 Å². The average Bonchev–Trinajstić information content (AvgIpc) is 2.72. The van der Waals surface area contributed by atoms with Crippen molar-refractivity contribution in [2.75, 3.05) is 13.7 Å². The van der Waals surface area contributed by atoms with E-state index in [1.165, 1.54) is 14.0 Å². The first-order chi connectivity index (χ1) is 7.09. The molecule has 1 aliphatic carbocycles. The number of hydrogen-bond donors (Lipinski definition) is 1. The smallest absolute Gasteiger partial charge is 0.316 e. The highest BCUT2D eigenvalue weighted by molar-refractivity contribution is 5.78. The molecule has 2 atom stereocenters. The van der Waals surface area contributed by atoms with E-state index in [1.807, 2.05) is 0 Å². The largest absolute Gasteiger partial charge is 0.468 e. The van der Waals surface area contributed by atoms with Crippen LogP contribution in [0.1, 0.15) is 32.6 Å². The van der Waals surface area contributed by atoms with E-state index in [4.69, 9.17) is 10.5 Å². The fourth-order valence-electron chi connectivity index (χ4n) is 2.70. The summed E-state index contributed by atoms with van der Waals surface area (Å²) in [5.74, 6) is -0.457. The molecule has 0 aliphatic heterocycles. The van der Waals surface area contributed by atoms with Crippen LogP contribution in [0.4, 0.5) is 4.39 Å².